The molecule has 0 aliphatic carbocycles. The van der Waals surface area contributed by atoms with Crippen molar-refractivity contribution in [3.05, 3.63) is 18.2 Å². The largest absolute Gasteiger partial charge is 0.490 e. The summed E-state index contributed by atoms with van der Waals surface area (Å²) in [5.74, 6) is 1.47. The first-order chi connectivity index (χ1) is 9.06. The summed E-state index contributed by atoms with van der Waals surface area (Å²) >= 11 is 5.21. The highest BCUT2D eigenvalue weighted by Crippen LogP contribution is 2.30. The van der Waals surface area contributed by atoms with Crippen molar-refractivity contribution in [1.82, 2.24) is 5.32 Å². The zero-order chi connectivity index (χ0) is 14.3. The molecule has 0 atom stereocenters. The number of hydrogen-bond acceptors (Lipinski definition) is 3. The molecule has 4 nitrogen and oxygen atoms in total. The van der Waals surface area contributed by atoms with Gasteiger partial charge in [-0.15, -0.1) is 0 Å². The molecule has 0 aliphatic heterocycles. The molecule has 1 aromatic carbocycles. The third-order valence-electron chi connectivity index (χ3n) is 2.22. The van der Waals surface area contributed by atoms with Gasteiger partial charge in [0.1, 0.15) is 0 Å². The third kappa shape index (κ3) is 5.34. The molecule has 0 bridgehead atoms. The summed E-state index contributed by atoms with van der Waals surface area (Å²) in [4.78, 5) is 0. The maximum Gasteiger partial charge on any atom is 0.170 e. The van der Waals surface area contributed by atoms with E-state index in [4.69, 9.17) is 21.7 Å². The maximum atomic E-state index is 5.56. The van der Waals surface area contributed by atoms with E-state index in [2.05, 4.69) is 10.6 Å². The van der Waals surface area contributed by atoms with Crippen LogP contribution >= 0.6 is 12.2 Å². The average molecular weight is 282 g/mol. The zero-order valence-electron chi connectivity index (χ0n) is 11.9. The molecular formula is C14H22N2O2S. The minimum absolute atomic E-state index is 0.300. The Kier molecular flexibility index (Phi) is 6.42. The highest BCUT2D eigenvalue weighted by atomic mass is 32.1. The van der Waals surface area contributed by atoms with Crippen LogP contribution in [0.3, 0.4) is 0 Å². The van der Waals surface area contributed by atoms with E-state index in [-0.39, 0.29) is 0 Å². The van der Waals surface area contributed by atoms with E-state index < -0.39 is 0 Å². The van der Waals surface area contributed by atoms with Crippen LogP contribution in [0, 0.1) is 0 Å². The number of hydrogen-bond donors (Lipinski definition) is 2. The summed E-state index contributed by atoms with van der Waals surface area (Å²) in [7, 11) is 0. The van der Waals surface area contributed by atoms with Crippen LogP contribution in [0.1, 0.15) is 27.7 Å². The molecule has 0 aromatic heterocycles. The van der Waals surface area contributed by atoms with Crippen molar-refractivity contribution in [2.24, 2.45) is 0 Å². The summed E-state index contributed by atoms with van der Waals surface area (Å²) in [5, 5.41) is 6.86. The number of thiocarbonyl (C=S) groups is 1. The summed E-state index contributed by atoms with van der Waals surface area (Å²) in [5.41, 5.74) is 0.880. The van der Waals surface area contributed by atoms with Gasteiger partial charge in [-0.25, -0.2) is 0 Å². The molecule has 0 radical (unpaired) electrons. The highest BCUT2D eigenvalue weighted by molar-refractivity contribution is 7.80. The van der Waals surface area contributed by atoms with Crippen LogP contribution in [0.4, 0.5) is 5.69 Å². The van der Waals surface area contributed by atoms with E-state index in [9.17, 15) is 0 Å². The van der Waals surface area contributed by atoms with E-state index in [1.807, 2.05) is 45.9 Å². The first-order valence-corrected chi connectivity index (χ1v) is 6.94. The van der Waals surface area contributed by atoms with Crippen molar-refractivity contribution in [3.8, 4) is 11.5 Å². The zero-order valence-corrected chi connectivity index (χ0v) is 12.8. The lowest BCUT2D eigenvalue weighted by Gasteiger charge is -2.15. The quantitative estimate of drug-likeness (QED) is 0.784. The summed E-state index contributed by atoms with van der Waals surface area (Å²) in [6.07, 6.45) is 0. The molecule has 0 saturated heterocycles. The minimum atomic E-state index is 0.300. The Morgan fingerprint density at radius 1 is 1.16 bits per heavy atom. The molecule has 0 amide bonds. The molecule has 0 heterocycles. The second kappa shape index (κ2) is 7.84. The second-order valence-electron chi connectivity index (χ2n) is 4.28. The van der Waals surface area contributed by atoms with Crippen molar-refractivity contribution in [3.63, 3.8) is 0 Å². The molecule has 2 N–H and O–H groups in total. The van der Waals surface area contributed by atoms with Crippen LogP contribution in [0.15, 0.2) is 18.2 Å². The lowest BCUT2D eigenvalue weighted by atomic mass is 10.2. The Morgan fingerprint density at radius 2 is 1.79 bits per heavy atom. The predicted octanol–water partition coefficient (Wildman–Crippen LogP) is 3.18. The Bertz CT molecular complexity index is 422. The van der Waals surface area contributed by atoms with Crippen LogP contribution in [0.25, 0.3) is 0 Å². The number of anilines is 1. The van der Waals surface area contributed by atoms with E-state index in [0.717, 1.165) is 17.2 Å². The van der Waals surface area contributed by atoms with Crippen LogP contribution < -0.4 is 20.1 Å². The monoisotopic (exact) mass is 282 g/mol. The lowest BCUT2D eigenvalue weighted by molar-refractivity contribution is 0.288. The topological polar surface area (TPSA) is 42.5 Å². The van der Waals surface area contributed by atoms with Gasteiger partial charge >= 0.3 is 0 Å². The normalized spacial score (nSPS) is 10.2. The van der Waals surface area contributed by atoms with Gasteiger partial charge in [-0.1, -0.05) is 0 Å². The molecular weight excluding hydrogens is 260 g/mol. The molecule has 0 spiro atoms. The van der Waals surface area contributed by atoms with Gasteiger partial charge in [-0.05, 0) is 52.0 Å². The SMILES string of the molecule is CCOc1ccc(NC(=S)NC(C)C)cc1OCC. The third-order valence-corrected chi connectivity index (χ3v) is 2.44. The Balaban J connectivity index is 2.79. The number of nitrogens with one attached hydrogen (secondary N) is 2. The Morgan fingerprint density at radius 3 is 2.37 bits per heavy atom. The molecule has 1 aromatic rings. The van der Waals surface area contributed by atoms with Crippen molar-refractivity contribution in [2.75, 3.05) is 18.5 Å². The van der Waals surface area contributed by atoms with Gasteiger partial charge in [-0.3, -0.25) is 0 Å². The highest BCUT2D eigenvalue weighted by Gasteiger charge is 2.07. The van der Waals surface area contributed by atoms with Crippen LogP contribution in [0.2, 0.25) is 0 Å². The molecule has 0 aliphatic rings. The second-order valence-corrected chi connectivity index (χ2v) is 4.69. The Hall–Kier alpha value is -1.49. The van der Waals surface area contributed by atoms with Gasteiger partial charge in [0.2, 0.25) is 0 Å². The van der Waals surface area contributed by atoms with Gasteiger partial charge in [-0.2, -0.15) is 0 Å². The first-order valence-electron chi connectivity index (χ1n) is 6.54. The minimum Gasteiger partial charge on any atom is -0.490 e. The summed E-state index contributed by atoms with van der Waals surface area (Å²) < 4.78 is 11.1. The van der Waals surface area contributed by atoms with Crippen LogP contribution in [0.5, 0.6) is 11.5 Å². The van der Waals surface area contributed by atoms with Gasteiger partial charge in [0, 0.05) is 17.8 Å². The van der Waals surface area contributed by atoms with E-state index in [1.54, 1.807) is 0 Å². The van der Waals surface area contributed by atoms with Crippen LogP contribution in [-0.4, -0.2) is 24.4 Å². The molecule has 19 heavy (non-hydrogen) atoms. The van der Waals surface area contributed by atoms with Crippen molar-refractivity contribution < 1.29 is 9.47 Å². The molecule has 0 unspecified atom stereocenters. The molecule has 5 heteroatoms. The summed E-state index contributed by atoms with van der Waals surface area (Å²) in [6.45, 7) is 9.18. The fourth-order valence-electron chi connectivity index (χ4n) is 1.56. The number of ether oxygens (including phenoxy) is 2. The van der Waals surface area contributed by atoms with Gasteiger partial charge in [0.25, 0.3) is 0 Å². The fourth-order valence-corrected chi connectivity index (χ4v) is 1.91. The van der Waals surface area contributed by atoms with E-state index >= 15 is 0 Å². The first kappa shape index (κ1) is 15.6. The smallest absolute Gasteiger partial charge is 0.170 e. The van der Waals surface area contributed by atoms with E-state index in [1.165, 1.54) is 0 Å². The van der Waals surface area contributed by atoms with E-state index in [0.29, 0.717) is 24.4 Å². The standard InChI is InChI=1S/C14H22N2O2S/c1-5-17-12-8-7-11(9-13(12)18-6-2)16-14(19)15-10(3)4/h7-10H,5-6H2,1-4H3,(H2,15,16,19). The van der Waals surface area contributed by atoms with Gasteiger partial charge in [0.05, 0.1) is 13.2 Å². The fraction of sp³-hybridized carbons (Fsp3) is 0.500. The van der Waals surface area contributed by atoms with Gasteiger partial charge < -0.3 is 20.1 Å². The molecule has 0 saturated carbocycles. The lowest BCUT2D eigenvalue weighted by Crippen LogP contribution is -2.33. The summed E-state index contributed by atoms with van der Waals surface area (Å²) in [6, 6.07) is 5.99. The van der Waals surface area contributed by atoms with Crippen molar-refractivity contribution >= 4 is 23.0 Å². The average Bonchev–Trinajstić information content (AvgIpc) is 2.32. The van der Waals surface area contributed by atoms with Crippen LogP contribution in [-0.2, 0) is 0 Å². The maximum absolute atomic E-state index is 5.56. The molecule has 1 rings (SSSR count). The molecule has 0 fully saturated rings. The van der Waals surface area contributed by atoms with Crippen molar-refractivity contribution in [1.29, 1.82) is 0 Å². The number of rotatable bonds is 6. The molecule has 106 valence electrons. The Labute approximate surface area is 120 Å². The predicted molar refractivity (Wildman–Crippen MR) is 83.3 cm³/mol. The number of benzene rings is 1. The van der Waals surface area contributed by atoms with Gasteiger partial charge in [0.15, 0.2) is 16.6 Å². The van der Waals surface area contributed by atoms with Crippen molar-refractivity contribution in [2.45, 2.75) is 33.7 Å².